The van der Waals surface area contributed by atoms with Crippen molar-refractivity contribution < 1.29 is 9.84 Å². The summed E-state index contributed by atoms with van der Waals surface area (Å²) in [6.07, 6.45) is 4.32. The van der Waals surface area contributed by atoms with E-state index in [1.54, 1.807) is 0 Å². The fraction of sp³-hybridized carbons (Fsp3) is 0.714. The standard InChI is InChI=1S/C21H36N2O2/c1-18(2)25-15-12-21(24)17-23-13-7-10-20(11-14-23)22(3)16-19-8-5-4-6-9-19/h4-6,8-9,18,20-21,24H,7,10-17H2,1-3H3/t20-,21-/m0/s1. The first-order valence-electron chi connectivity index (χ1n) is 9.80. The minimum Gasteiger partial charge on any atom is -0.392 e. The highest BCUT2D eigenvalue weighted by atomic mass is 16.5. The van der Waals surface area contributed by atoms with Gasteiger partial charge in [-0.15, -0.1) is 0 Å². The van der Waals surface area contributed by atoms with E-state index in [-0.39, 0.29) is 12.2 Å². The van der Waals surface area contributed by atoms with Gasteiger partial charge < -0.3 is 14.7 Å². The predicted molar refractivity (Wildman–Crippen MR) is 104 cm³/mol. The van der Waals surface area contributed by atoms with Crippen LogP contribution in [-0.4, -0.2) is 66.4 Å². The molecule has 1 aliphatic heterocycles. The summed E-state index contributed by atoms with van der Waals surface area (Å²) in [6.45, 7) is 8.68. The molecule has 0 aromatic heterocycles. The van der Waals surface area contributed by atoms with Crippen molar-refractivity contribution in [3.05, 3.63) is 35.9 Å². The van der Waals surface area contributed by atoms with E-state index in [0.717, 1.165) is 32.6 Å². The SMILES string of the molecule is CC(C)OCC[C@H](O)CN1CCC[C@H](N(C)Cc2ccccc2)CC1. The Morgan fingerprint density at radius 2 is 1.96 bits per heavy atom. The lowest BCUT2D eigenvalue weighted by Crippen LogP contribution is -2.35. The maximum absolute atomic E-state index is 10.2. The van der Waals surface area contributed by atoms with Gasteiger partial charge in [0.1, 0.15) is 0 Å². The van der Waals surface area contributed by atoms with Crippen molar-refractivity contribution in [1.29, 1.82) is 0 Å². The first-order valence-corrected chi connectivity index (χ1v) is 9.80. The van der Waals surface area contributed by atoms with Crippen LogP contribution in [0.25, 0.3) is 0 Å². The summed E-state index contributed by atoms with van der Waals surface area (Å²) in [5, 5.41) is 10.2. The minimum atomic E-state index is -0.280. The van der Waals surface area contributed by atoms with Gasteiger partial charge in [0.2, 0.25) is 0 Å². The first-order chi connectivity index (χ1) is 12.0. The lowest BCUT2D eigenvalue weighted by Gasteiger charge is -2.27. The first kappa shape index (κ1) is 20.4. The Bertz CT molecular complexity index is 466. The van der Waals surface area contributed by atoms with Crippen molar-refractivity contribution in [3.8, 4) is 0 Å². The highest BCUT2D eigenvalue weighted by Crippen LogP contribution is 2.18. The van der Waals surface area contributed by atoms with Gasteiger partial charge in [0.05, 0.1) is 12.2 Å². The van der Waals surface area contributed by atoms with Crippen LogP contribution < -0.4 is 0 Å². The van der Waals surface area contributed by atoms with Crippen molar-refractivity contribution in [1.82, 2.24) is 9.80 Å². The zero-order valence-electron chi connectivity index (χ0n) is 16.2. The van der Waals surface area contributed by atoms with Gasteiger partial charge in [-0.1, -0.05) is 30.3 Å². The van der Waals surface area contributed by atoms with Crippen LogP contribution in [0.3, 0.4) is 0 Å². The second-order valence-corrected chi connectivity index (χ2v) is 7.65. The summed E-state index contributed by atoms with van der Waals surface area (Å²) in [7, 11) is 2.24. The minimum absolute atomic E-state index is 0.242. The molecule has 1 saturated heterocycles. The largest absolute Gasteiger partial charge is 0.392 e. The Labute approximate surface area is 153 Å². The number of β-amino-alcohol motifs (C(OH)–C–C–N with tert-alkyl or cyclic N) is 1. The topological polar surface area (TPSA) is 35.9 Å². The van der Waals surface area contributed by atoms with E-state index in [0.29, 0.717) is 12.6 Å². The number of aliphatic hydroxyl groups excluding tert-OH is 1. The highest BCUT2D eigenvalue weighted by molar-refractivity contribution is 5.14. The molecule has 25 heavy (non-hydrogen) atoms. The van der Waals surface area contributed by atoms with E-state index in [1.165, 1.54) is 24.8 Å². The van der Waals surface area contributed by atoms with Crippen molar-refractivity contribution in [2.24, 2.45) is 0 Å². The maximum Gasteiger partial charge on any atom is 0.0689 e. The molecule has 0 amide bonds. The van der Waals surface area contributed by atoms with Crippen LogP contribution in [0.4, 0.5) is 0 Å². The highest BCUT2D eigenvalue weighted by Gasteiger charge is 2.21. The van der Waals surface area contributed by atoms with Crippen LogP contribution in [0.2, 0.25) is 0 Å². The molecular weight excluding hydrogens is 312 g/mol. The van der Waals surface area contributed by atoms with Crippen LogP contribution in [0.1, 0.15) is 45.1 Å². The summed E-state index contributed by atoms with van der Waals surface area (Å²) in [5.41, 5.74) is 1.38. The molecule has 0 radical (unpaired) electrons. The maximum atomic E-state index is 10.2. The van der Waals surface area contributed by atoms with E-state index in [1.807, 2.05) is 13.8 Å². The van der Waals surface area contributed by atoms with Gasteiger partial charge in [-0.2, -0.15) is 0 Å². The molecule has 1 aromatic carbocycles. The molecule has 0 spiro atoms. The number of likely N-dealkylation sites (tertiary alicyclic amines) is 1. The summed E-state index contributed by atoms with van der Waals surface area (Å²) in [6, 6.07) is 11.3. The smallest absolute Gasteiger partial charge is 0.0689 e. The Morgan fingerprint density at radius 1 is 1.20 bits per heavy atom. The number of hydrogen-bond acceptors (Lipinski definition) is 4. The predicted octanol–water partition coefficient (Wildman–Crippen LogP) is 3.15. The third-order valence-electron chi connectivity index (χ3n) is 5.06. The number of aliphatic hydroxyl groups is 1. The van der Waals surface area contributed by atoms with Crippen LogP contribution in [0.5, 0.6) is 0 Å². The number of nitrogens with zero attached hydrogens (tertiary/aromatic N) is 2. The Kier molecular flexibility index (Phi) is 8.90. The molecule has 4 heteroatoms. The average Bonchev–Trinajstić information content (AvgIpc) is 2.81. The molecule has 2 rings (SSSR count). The lowest BCUT2D eigenvalue weighted by atomic mass is 10.1. The number of ether oxygens (including phenoxy) is 1. The average molecular weight is 349 g/mol. The van der Waals surface area contributed by atoms with Crippen LogP contribution >= 0.6 is 0 Å². The number of rotatable bonds is 9. The third kappa shape index (κ3) is 7.87. The molecule has 1 heterocycles. The van der Waals surface area contributed by atoms with Gasteiger partial charge in [0.25, 0.3) is 0 Å². The second kappa shape index (κ2) is 10.9. The summed E-state index contributed by atoms with van der Waals surface area (Å²) in [5.74, 6) is 0. The van der Waals surface area contributed by atoms with Crippen molar-refractivity contribution in [3.63, 3.8) is 0 Å². The molecule has 1 fully saturated rings. The molecule has 1 aliphatic rings. The molecular formula is C21H36N2O2. The molecule has 1 N–H and O–H groups in total. The summed E-state index contributed by atoms with van der Waals surface area (Å²) >= 11 is 0. The van der Waals surface area contributed by atoms with Gasteiger partial charge in [-0.05, 0) is 65.2 Å². The number of hydrogen-bond donors (Lipinski definition) is 1. The molecule has 0 saturated carbocycles. The zero-order valence-corrected chi connectivity index (χ0v) is 16.2. The molecule has 0 unspecified atom stereocenters. The van der Waals surface area contributed by atoms with Gasteiger partial charge in [-0.3, -0.25) is 4.90 Å². The van der Waals surface area contributed by atoms with Crippen LogP contribution in [-0.2, 0) is 11.3 Å². The number of benzene rings is 1. The fourth-order valence-electron chi connectivity index (χ4n) is 3.59. The quantitative estimate of drug-likeness (QED) is 0.744. The Morgan fingerprint density at radius 3 is 2.68 bits per heavy atom. The van der Waals surface area contributed by atoms with Gasteiger partial charge in [0, 0.05) is 25.7 Å². The van der Waals surface area contributed by atoms with E-state index in [9.17, 15) is 5.11 Å². The van der Waals surface area contributed by atoms with E-state index < -0.39 is 0 Å². The zero-order chi connectivity index (χ0) is 18.1. The van der Waals surface area contributed by atoms with Crippen LogP contribution in [0.15, 0.2) is 30.3 Å². The van der Waals surface area contributed by atoms with Gasteiger partial charge >= 0.3 is 0 Å². The van der Waals surface area contributed by atoms with Crippen molar-refractivity contribution >= 4 is 0 Å². The second-order valence-electron chi connectivity index (χ2n) is 7.65. The molecule has 142 valence electrons. The lowest BCUT2D eigenvalue weighted by molar-refractivity contribution is 0.0347. The Balaban J connectivity index is 1.72. The molecule has 0 aliphatic carbocycles. The summed E-state index contributed by atoms with van der Waals surface area (Å²) in [4.78, 5) is 4.92. The van der Waals surface area contributed by atoms with Gasteiger partial charge in [0.15, 0.2) is 0 Å². The van der Waals surface area contributed by atoms with Crippen molar-refractivity contribution in [2.75, 3.05) is 33.3 Å². The summed E-state index contributed by atoms with van der Waals surface area (Å²) < 4.78 is 5.55. The molecule has 2 atom stereocenters. The Hall–Kier alpha value is -0.940. The van der Waals surface area contributed by atoms with E-state index in [2.05, 4.69) is 47.2 Å². The third-order valence-corrected chi connectivity index (χ3v) is 5.06. The van der Waals surface area contributed by atoms with Crippen LogP contribution in [0, 0.1) is 0 Å². The molecule has 4 nitrogen and oxygen atoms in total. The normalized spacial score (nSPS) is 20.8. The van der Waals surface area contributed by atoms with Gasteiger partial charge in [-0.25, -0.2) is 0 Å². The molecule has 0 bridgehead atoms. The van der Waals surface area contributed by atoms with Crippen molar-refractivity contribution in [2.45, 2.75) is 64.3 Å². The monoisotopic (exact) mass is 348 g/mol. The van der Waals surface area contributed by atoms with E-state index >= 15 is 0 Å². The van der Waals surface area contributed by atoms with E-state index in [4.69, 9.17) is 4.74 Å². The molecule has 1 aromatic rings. The fourth-order valence-corrected chi connectivity index (χ4v) is 3.59.